The molecular formula is C18H19N3O2. The van der Waals surface area contributed by atoms with Gasteiger partial charge in [-0.25, -0.2) is 5.43 Å². The minimum absolute atomic E-state index is 0.145. The Morgan fingerprint density at radius 1 is 1.13 bits per heavy atom. The van der Waals surface area contributed by atoms with E-state index < -0.39 is 0 Å². The van der Waals surface area contributed by atoms with Crippen molar-refractivity contribution in [2.24, 2.45) is 5.10 Å². The molecule has 0 fully saturated rings. The molecule has 2 aromatic rings. The molecule has 0 aliphatic rings. The van der Waals surface area contributed by atoms with Gasteiger partial charge in [0.25, 0.3) is 5.91 Å². The number of hydrogen-bond acceptors (Lipinski definition) is 4. The third kappa shape index (κ3) is 6.05. The molecule has 0 aliphatic carbocycles. The molecule has 2 N–H and O–H groups in total. The molecule has 5 heteroatoms. The fraction of sp³-hybridized carbons (Fsp3) is 0.111. The summed E-state index contributed by atoms with van der Waals surface area (Å²) in [5.74, 6) is 0.556. The van der Waals surface area contributed by atoms with E-state index in [-0.39, 0.29) is 12.5 Å². The van der Waals surface area contributed by atoms with Crippen LogP contribution in [0, 0.1) is 0 Å². The number of amides is 1. The molecule has 0 aliphatic heterocycles. The second kappa shape index (κ2) is 9.04. The molecule has 0 unspecified atom stereocenters. The van der Waals surface area contributed by atoms with Gasteiger partial charge in [0.05, 0.1) is 13.7 Å². The fourth-order valence-corrected chi connectivity index (χ4v) is 1.80. The van der Waals surface area contributed by atoms with E-state index >= 15 is 0 Å². The van der Waals surface area contributed by atoms with Crippen LogP contribution >= 0.6 is 0 Å². The van der Waals surface area contributed by atoms with Gasteiger partial charge >= 0.3 is 0 Å². The summed E-state index contributed by atoms with van der Waals surface area (Å²) in [7, 11) is 1.61. The first-order chi connectivity index (χ1) is 11.3. The van der Waals surface area contributed by atoms with Gasteiger partial charge in [-0.1, -0.05) is 36.4 Å². The Labute approximate surface area is 135 Å². The lowest BCUT2D eigenvalue weighted by atomic mass is 10.2. The zero-order valence-corrected chi connectivity index (χ0v) is 12.9. The first-order valence-corrected chi connectivity index (χ1v) is 7.19. The molecule has 0 spiro atoms. The predicted molar refractivity (Wildman–Crippen MR) is 93.6 cm³/mol. The maximum absolute atomic E-state index is 11.6. The van der Waals surface area contributed by atoms with Crippen LogP contribution < -0.4 is 15.5 Å². The van der Waals surface area contributed by atoms with E-state index in [9.17, 15) is 4.79 Å². The first-order valence-electron chi connectivity index (χ1n) is 7.19. The van der Waals surface area contributed by atoms with E-state index in [0.717, 1.165) is 17.0 Å². The van der Waals surface area contributed by atoms with Gasteiger partial charge in [0.15, 0.2) is 0 Å². The van der Waals surface area contributed by atoms with Crippen LogP contribution in [-0.2, 0) is 4.79 Å². The van der Waals surface area contributed by atoms with Crippen molar-refractivity contribution >= 4 is 23.9 Å². The summed E-state index contributed by atoms with van der Waals surface area (Å²) >= 11 is 0. The van der Waals surface area contributed by atoms with Crippen molar-refractivity contribution in [3.05, 3.63) is 66.2 Å². The smallest absolute Gasteiger partial charge is 0.259 e. The van der Waals surface area contributed by atoms with Crippen molar-refractivity contribution in [3.63, 3.8) is 0 Å². The van der Waals surface area contributed by atoms with Gasteiger partial charge in [-0.05, 0) is 35.9 Å². The predicted octanol–water partition coefficient (Wildman–Crippen LogP) is 2.92. The number of nitrogens with zero attached hydrogens (tertiary/aromatic N) is 1. The van der Waals surface area contributed by atoms with E-state index in [2.05, 4.69) is 15.8 Å². The molecule has 5 nitrogen and oxygen atoms in total. The highest BCUT2D eigenvalue weighted by atomic mass is 16.5. The minimum atomic E-state index is -0.217. The van der Waals surface area contributed by atoms with E-state index in [1.807, 2.05) is 60.7 Å². The van der Waals surface area contributed by atoms with Crippen LogP contribution in [0.4, 0.5) is 5.69 Å². The van der Waals surface area contributed by atoms with E-state index in [1.165, 1.54) is 6.21 Å². The van der Waals surface area contributed by atoms with Crippen LogP contribution in [0.15, 0.2) is 65.8 Å². The summed E-state index contributed by atoms with van der Waals surface area (Å²) in [6.07, 6.45) is 5.22. The van der Waals surface area contributed by atoms with Gasteiger partial charge in [0, 0.05) is 11.9 Å². The number of methoxy groups -OCH3 is 1. The molecule has 0 atom stereocenters. The number of benzene rings is 2. The van der Waals surface area contributed by atoms with Crippen LogP contribution in [0.3, 0.4) is 0 Å². The Morgan fingerprint density at radius 3 is 2.57 bits per heavy atom. The SMILES string of the molecule is COc1ccc(NCC(=O)N/N=C/C=C\c2ccccc2)cc1. The molecule has 0 heterocycles. The molecular weight excluding hydrogens is 290 g/mol. The number of anilines is 1. The molecule has 1 amide bonds. The molecule has 0 saturated carbocycles. The normalized spacial score (nSPS) is 10.8. The van der Waals surface area contributed by atoms with E-state index in [0.29, 0.717) is 0 Å². The molecule has 0 radical (unpaired) electrons. The number of nitrogens with one attached hydrogen (secondary N) is 2. The van der Waals surface area contributed by atoms with Crippen LogP contribution in [0.25, 0.3) is 6.08 Å². The standard InChI is InChI=1S/C18H19N3O2/c1-23-17-11-9-16(10-12-17)19-14-18(22)21-20-13-5-8-15-6-3-2-4-7-15/h2-13,19H,14H2,1H3,(H,21,22)/b8-5-,20-13+. The quantitative estimate of drug-likeness (QED) is 0.610. The lowest BCUT2D eigenvalue weighted by Crippen LogP contribution is -2.25. The Hall–Kier alpha value is -3.08. The third-order valence-corrected chi connectivity index (χ3v) is 2.98. The van der Waals surface area contributed by atoms with Crippen LogP contribution in [-0.4, -0.2) is 25.8 Å². The maximum Gasteiger partial charge on any atom is 0.259 e. The number of allylic oxidation sites excluding steroid dienone is 1. The molecule has 2 aromatic carbocycles. The second-order valence-corrected chi connectivity index (χ2v) is 4.67. The summed E-state index contributed by atoms with van der Waals surface area (Å²) < 4.78 is 5.07. The highest BCUT2D eigenvalue weighted by Crippen LogP contribution is 2.14. The number of rotatable bonds is 7. The van der Waals surface area contributed by atoms with Gasteiger partial charge in [0.1, 0.15) is 5.75 Å². The lowest BCUT2D eigenvalue weighted by Gasteiger charge is -2.06. The number of hydrazone groups is 1. The summed E-state index contributed by atoms with van der Waals surface area (Å²) in [5, 5.41) is 6.86. The van der Waals surface area contributed by atoms with Gasteiger partial charge in [-0.3, -0.25) is 4.79 Å². The summed E-state index contributed by atoms with van der Waals surface area (Å²) in [6, 6.07) is 17.2. The molecule has 23 heavy (non-hydrogen) atoms. The number of hydrogen-bond donors (Lipinski definition) is 2. The van der Waals surface area contributed by atoms with Crippen molar-refractivity contribution in [2.75, 3.05) is 19.0 Å². The molecule has 118 valence electrons. The molecule has 2 rings (SSSR count). The summed E-state index contributed by atoms with van der Waals surface area (Å²) in [6.45, 7) is 0.145. The van der Waals surface area contributed by atoms with E-state index in [4.69, 9.17) is 4.74 Å². The Morgan fingerprint density at radius 2 is 1.87 bits per heavy atom. The van der Waals surface area contributed by atoms with Crippen molar-refractivity contribution in [1.82, 2.24) is 5.43 Å². The fourth-order valence-electron chi connectivity index (χ4n) is 1.80. The average molecular weight is 309 g/mol. The minimum Gasteiger partial charge on any atom is -0.497 e. The molecule has 0 bridgehead atoms. The van der Waals surface area contributed by atoms with Crippen molar-refractivity contribution in [1.29, 1.82) is 0 Å². The largest absolute Gasteiger partial charge is 0.497 e. The summed E-state index contributed by atoms with van der Waals surface area (Å²) in [5.41, 5.74) is 4.37. The van der Waals surface area contributed by atoms with Gasteiger partial charge < -0.3 is 10.1 Å². The Balaban J connectivity index is 1.70. The van der Waals surface area contributed by atoms with Crippen LogP contribution in [0.1, 0.15) is 5.56 Å². The van der Waals surface area contributed by atoms with Crippen molar-refractivity contribution in [2.45, 2.75) is 0 Å². The highest BCUT2D eigenvalue weighted by Gasteiger charge is 1.99. The highest BCUT2D eigenvalue weighted by molar-refractivity contribution is 5.83. The zero-order chi connectivity index (χ0) is 16.3. The van der Waals surface area contributed by atoms with E-state index in [1.54, 1.807) is 13.2 Å². The zero-order valence-electron chi connectivity index (χ0n) is 12.9. The Bertz CT molecular complexity index is 664. The number of carbonyl (C=O) groups is 1. The van der Waals surface area contributed by atoms with Gasteiger partial charge in [-0.2, -0.15) is 5.10 Å². The topological polar surface area (TPSA) is 62.7 Å². The van der Waals surface area contributed by atoms with Gasteiger partial charge in [-0.15, -0.1) is 0 Å². The van der Waals surface area contributed by atoms with Crippen LogP contribution in [0.5, 0.6) is 5.75 Å². The van der Waals surface area contributed by atoms with Crippen LogP contribution in [0.2, 0.25) is 0 Å². The monoisotopic (exact) mass is 309 g/mol. The van der Waals surface area contributed by atoms with Crippen molar-refractivity contribution in [3.8, 4) is 5.75 Å². The molecule has 0 aromatic heterocycles. The number of carbonyl (C=O) groups excluding carboxylic acids is 1. The Kier molecular flexibility index (Phi) is 6.41. The second-order valence-electron chi connectivity index (χ2n) is 4.67. The average Bonchev–Trinajstić information content (AvgIpc) is 2.61. The van der Waals surface area contributed by atoms with Crippen molar-refractivity contribution < 1.29 is 9.53 Å². The first kappa shape index (κ1) is 16.3. The van der Waals surface area contributed by atoms with Gasteiger partial charge in [0.2, 0.25) is 0 Å². The summed E-state index contributed by atoms with van der Waals surface area (Å²) in [4.78, 5) is 11.6. The number of ether oxygens (including phenoxy) is 1. The molecule has 0 saturated heterocycles. The third-order valence-electron chi connectivity index (χ3n) is 2.98. The lowest BCUT2D eigenvalue weighted by molar-refractivity contribution is -0.119. The maximum atomic E-state index is 11.6.